The predicted molar refractivity (Wildman–Crippen MR) is 66.5 cm³/mol. The fourth-order valence-corrected chi connectivity index (χ4v) is 3.19. The maximum Gasteiger partial charge on any atom is 0.0474 e. The molecule has 2 rings (SSSR count). The molecule has 0 aromatic carbocycles. The molecule has 2 atom stereocenters. The van der Waals surface area contributed by atoms with Crippen molar-refractivity contribution in [2.45, 2.75) is 51.1 Å². The molecule has 0 aromatic rings. The highest BCUT2D eigenvalue weighted by Gasteiger charge is 2.29. The molecule has 1 aliphatic carbocycles. The second-order valence-corrected chi connectivity index (χ2v) is 5.36. The minimum atomic E-state index is 0.367. The largest absolute Gasteiger partial charge is 0.396 e. The van der Waals surface area contributed by atoms with Crippen molar-refractivity contribution in [1.82, 2.24) is 10.2 Å². The van der Waals surface area contributed by atoms with Crippen molar-refractivity contribution in [2.75, 3.05) is 26.2 Å². The lowest BCUT2D eigenvalue weighted by molar-refractivity contribution is 0.168. The van der Waals surface area contributed by atoms with Crippen LogP contribution in [0.5, 0.6) is 0 Å². The molecule has 16 heavy (non-hydrogen) atoms. The van der Waals surface area contributed by atoms with Crippen LogP contribution in [0.2, 0.25) is 0 Å². The van der Waals surface area contributed by atoms with E-state index in [1.54, 1.807) is 0 Å². The predicted octanol–water partition coefficient (Wildman–Crippen LogP) is 1.22. The third kappa shape index (κ3) is 2.96. The van der Waals surface area contributed by atoms with Gasteiger partial charge >= 0.3 is 0 Å². The van der Waals surface area contributed by atoms with Gasteiger partial charge in [0.1, 0.15) is 0 Å². The van der Waals surface area contributed by atoms with Gasteiger partial charge in [-0.3, -0.25) is 0 Å². The van der Waals surface area contributed by atoms with E-state index >= 15 is 0 Å². The van der Waals surface area contributed by atoms with E-state index < -0.39 is 0 Å². The summed E-state index contributed by atoms with van der Waals surface area (Å²) >= 11 is 0. The molecule has 1 aliphatic heterocycles. The standard InChI is InChI=1S/C13H26N2O/c1-2-15-8-6-12(7-9-15)14-13-5-3-4-11(13)10-16/h11-14,16H,2-10H2,1H3. The second kappa shape index (κ2) is 5.99. The molecule has 1 heterocycles. The zero-order valence-corrected chi connectivity index (χ0v) is 10.5. The van der Waals surface area contributed by atoms with Gasteiger partial charge in [0.15, 0.2) is 0 Å². The van der Waals surface area contributed by atoms with Crippen LogP contribution >= 0.6 is 0 Å². The number of aliphatic hydroxyl groups is 1. The van der Waals surface area contributed by atoms with Crippen LogP contribution in [0.15, 0.2) is 0 Å². The number of nitrogens with zero attached hydrogens (tertiary/aromatic N) is 1. The number of hydrogen-bond donors (Lipinski definition) is 2. The van der Waals surface area contributed by atoms with E-state index in [2.05, 4.69) is 17.1 Å². The molecule has 1 saturated heterocycles. The first-order valence-electron chi connectivity index (χ1n) is 6.92. The molecular formula is C13H26N2O. The Hall–Kier alpha value is -0.120. The molecule has 0 aromatic heterocycles. The van der Waals surface area contributed by atoms with Gasteiger partial charge in [-0.25, -0.2) is 0 Å². The number of aliphatic hydroxyl groups excluding tert-OH is 1. The van der Waals surface area contributed by atoms with Gasteiger partial charge in [0, 0.05) is 18.7 Å². The topological polar surface area (TPSA) is 35.5 Å². The molecule has 2 fully saturated rings. The molecule has 0 bridgehead atoms. The highest BCUT2D eigenvalue weighted by molar-refractivity contribution is 4.87. The average Bonchev–Trinajstić information content (AvgIpc) is 2.77. The lowest BCUT2D eigenvalue weighted by Crippen LogP contribution is -2.47. The third-order valence-electron chi connectivity index (χ3n) is 4.38. The summed E-state index contributed by atoms with van der Waals surface area (Å²) < 4.78 is 0. The summed E-state index contributed by atoms with van der Waals surface area (Å²) in [4.78, 5) is 2.52. The first kappa shape index (κ1) is 12.3. The molecule has 0 radical (unpaired) electrons. The molecule has 3 nitrogen and oxygen atoms in total. The molecular weight excluding hydrogens is 200 g/mol. The van der Waals surface area contributed by atoms with Gasteiger partial charge in [-0.15, -0.1) is 0 Å². The van der Waals surface area contributed by atoms with E-state index in [1.807, 2.05) is 0 Å². The van der Waals surface area contributed by atoms with Crippen LogP contribution in [-0.2, 0) is 0 Å². The number of nitrogens with one attached hydrogen (secondary N) is 1. The smallest absolute Gasteiger partial charge is 0.0474 e. The summed E-state index contributed by atoms with van der Waals surface area (Å²) in [5, 5.41) is 13.1. The van der Waals surface area contributed by atoms with Crippen molar-refractivity contribution < 1.29 is 5.11 Å². The monoisotopic (exact) mass is 226 g/mol. The van der Waals surface area contributed by atoms with Crippen molar-refractivity contribution in [2.24, 2.45) is 5.92 Å². The van der Waals surface area contributed by atoms with Crippen LogP contribution in [0, 0.1) is 5.92 Å². The first-order chi connectivity index (χ1) is 7.83. The Morgan fingerprint density at radius 3 is 2.56 bits per heavy atom. The minimum Gasteiger partial charge on any atom is -0.396 e. The summed E-state index contributed by atoms with van der Waals surface area (Å²) in [5.74, 6) is 0.518. The second-order valence-electron chi connectivity index (χ2n) is 5.36. The molecule has 0 spiro atoms. The Morgan fingerprint density at radius 1 is 1.19 bits per heavy atom. The Bertz CT molecular complexity index is 202. The van der Waals surface area contributed by atoms with Crippen LogP contribution < -0.4 is 5.32 Å². The van der Waals surface area contributed by atoms with E-state index in [1.165, 1.54) is 51.7 Å². The van der Waals surface area contributed by atoms with Gasteiger partial charge < -0.3 is 15.3 Å². The normalized spacial score (nSPS) is 33.4. The van der Waals surface area contributed by atoms with Gasteiger partial charge in [-0.2, -0.15) is 0 Å². The summed E-state index contributed by atoms with van der Waals surface area (Å²) in [6.07, 6.45) is 6.32. The average molecular weight is 226 g/mol. The zero-order chi connectivity index (χ0) is 11.4. The quantitative estimate of drug-likeness (QED) is 0.756. The summed E-state index contributed by atoms with van der Waals surface area (Å²) in [6.45, 7) is 6.28. The van der Waals surface area contributed by atoms with Crippen molar-refractivity contribution >= 4 is 0 Å². The van der Waals surface area contributed by atoms with Gasteiger partial charge in [0.05, 0.1) is 0 Å². The van der Waals surface area contributed by atoms with E-state index in [4.69, 9.17) is 0 Å². The molecule has 2 aliphatic rings. The zero-order valence-electron chi connectivity index (χ0n) is 10.5. The van der Waals surface area contributed by atoms with Crippen LogP contribution in [0.1, 0.15) is 39.0 Å². The Balaban J connectivity index is 1.73. The highest BCUT2D eigenvalue weighted by atomic mass is 16.3. The number of piperidine rings is 1. The van der Waals surface area contributed by atoms with Crippen molar-refractivity contribution in [3.05, 3.63) is 0 Å². The Morgan fingerprint density at radius 2 is 1.94 bits per heavy atom. The molecule has 2 unspecified atom stereocenters. The van der Waals surface area contributed by atoms with Crippen LogP contribution in [-0.4, -0.2) is 48.3 Å². The molecule has 1 saturated carbocycles. The lowest BCUT2D eigenvalue weighted by atomic mass is 9.99. The fraction of sp³-hybridized carbons (Fsp3) is 1.00. The van der Waals surface area contributed by atoms with Crippen LogP contribution in [0.25, 0.3) is 0 Å². The van der Waals surface area contributed by atoms with E-state index in [-0.39, 0.29) is 0 Å². The van der Waals surface area contributed by atoms with Crippen molar-refractivity contribution in [3.8, 4) is 0 Å². The Labute approximate surface area is 99.2 Å². The van der Waals surface area contributed by atoms with Crippen LogP contribution in [0.4, 0.5) is 0 Å². The molecule has 2 N–H and O–H groups in total. The molecule has 0 amide bonds. The minimum absolute atomic E-state index is 0.367. The highest BCUT2D eigenvalue weighted by Crippen LogP contribution is 2.26. The lowest BCUT2D eigenvalue weighted by Gasteiger charge is -2.34. The van der Waals surface area contributed by atoms with E-state index in [0.29, 0.717) is 24.6 Å². The molecule has 94 valence electrons. The van der Waals surface area contributed by atoms with Crippen molar-refractivity contribution in [1.29, 1.82) is 0 Å². The Kier molecular flexibility index (Phi) is 4.62. The SMILES string of the molecule is CCN1CCC(NC2CCCC2CO)CC1. The fourth-order valence-electron chi connectivity index (χ4n) is 3.19. The van der Waals surface area contributed by atoms with Crippen molar-refractivity contribution in [3.63, 3.8) is 0 Å². The van der Waals surface area contributed by atoms with Gasteiger partial charge in [-0.05, 0) is 51.2 Å². The number of hydrogen-bond acceptors (Lipinski definition) is 3. The molecule has 3 heteroatoms. The number of rotatable bonds is 4. The first-order valence-corrected chi connectivity index (χ1v) is 6.92. The number of likely N-dealkylation sites (tertiary alicyclic amines) is 1. The van der Waals surface area contributed by atoms with E-state index in [0.717, 1.165) is 0 Å². The van der Waals surface area contributed by atoms with Gasteiger partial charge in [0.25, 0.3) is 0 Å². The maximum absolute atomic E-state index is 9.30. The van der Waals surface area contributed by atoms with Gasteiger partial charge in [0.2, 0.25) is 0 Å². The van der Waals surface area contributed by atoms with Crippen LogP contribution in [0.3, 0.4) is 0 Å². The van der Waals surface area contributed by atoms with Gasteiger partial charge in [-0.1, -0.05) is 13.3 Å². The summed E-state index contributed by atoms with van der Waals surface area (Å²) in [6, 6.07) is 1.28. The maximum atomic E-state index is 9.30. The summed E-state index contributed by atoms with van der Waals surface area (Å²) in [5.41, 5.74) is 0. The summed E-state index contributed by atoms with van der Waals surface area (Å²) in [7, 11) is 0. The third-order valence-corrected chi connectivity index (χ3v) is 4.38. The van der Waals surface area contributed by atoms with E-state index in [9.17, 15) is 5.11 Å².